The van der Waals surface area contributed by atoms with E-state index >= 15 is 0 Å². The van der Waals surface area contributed by atoms with E-state index in [4.69, 9.17) is 14.2 Å². The molecule has 1 fully saturated rings. The van der Waals surface area contributed by atoms with Gasteiger partial charge in [0.1, 0.15) is 11.5 Å². The number of nitrogens with zero attached hydrogens (tertiary/aromatic N) is 1. The first-order chi connectivity index (χ1) is 11.6. The molecule has 132 valence electrons. The van der Waals surface area contributed by atoms with Crippen LogP contribution in [-0.2, 0) is 14.3 Å². The maximum absolute atomic E-state index is 12.2. The summed E-state index contributed by atoms with van der Waals surface area (Å²) in [5, 5.41) is 0. The van der Waals surface area contributed by atoms with Crippen molar-refractivity contribution < 1.29 is 23.8 Å². The highest BCUT2D eigenvalue weighted by atomic mass is 16.5. The van der Waals surface area contributed by atoms with E-state index in [9.17, 15) is 9.59 Å². The normalized spacial score (nSPS) is 15.0. The Balaban J connectivity index is 1.74. The van der Waals surface area contributed by atoms with Crippen LogP contribution >= 0.6 is 0 Å². The highest BCUT2D eigenvalue weighted by Crippen LogP contribution is 2.20. The third-order valence-corrected chi connectivity index (χ3v) is 3.96. The van der Waals surface area contributed by atoms with E-state index in [0.717, 1.165) is 5.75 Å². The number of benzene rings is 1. The Bertz CT molecular complexity index is 535. The molecule has 1 aliphatic heterocycles. The van der Waals surface area contributed by atoms with E-state index in [0.29, 0.717) is 44.9 Å². The van der Waals surface area contributed by atoms with Crippen molar-refractivity contribution in [2.45, 2.75) is 26.7 Å². The molecule has 1 aliphatic rings. The van der Waals surface area contributed by atoms with Crippen molar-refractivity contribution in [2.24, 2.45) is 5.92 Å². The fourth-order valence-electron chi connectivity index (χ4n) is 2.66. The fraction of sp³-hybridized carbons (Fsp3) is 0.556. The van der Waals surface area contributed by atoms with Gasteiger partial charge in [-0.1, -0.05) is 0 Å². The summed E-state index contributed by atoms with van der Waals surface area (Å²) in [6, 6.07) is 7.19. The van der Waals surface area contributed by atoms with Gasteiger partial charge in [0.25, 0.3) is 5.91 Å². The zero-order chi connectivity index (χ0) is 17.4. The molecule has 0 saturated carbocycles. The van der Waals surface area contributed by atoms with Gasteiger partial charge in [0.05, 0.1) is 19.1 Å². The first-order valence-electron chi connectivity index (χ1n) is 8.44. The first kappa shape index (κ1) is 18.1. The topological polar surface area (TPSA) is 65.1 Å². The predicted molar refractivity (Wildman–Crippen MR) is 89.0 cm³/mol. The summed E-state index contributed by atoms with van der Waals surface area (Å²) < 4.78 is 15.9. The number of carbonyl (C=O) groups excluding carboxylic acids is 2. The van der Waals surface area contributed by atoms with Gasteiger partial charge in [0.15, 0.2) is 6.61 Å². The van der Waals surface area contributed by atoms with Gasteiger partial charge < -0.3 is 19.1 Å². The molecule has 0 unspecified atom stereocenters. The molecule has 1 heterocycles. The third kappa shape index (κ3) is 5.15. The van der Waals surface area contributed by atoms with Crippen molar-refractivity contribution in [3.63, 3.8) is 0 Å². The van der Waals surface area contributed by atoms with Gasteiger partial charge in [0.2, 0.25) is 0 Å². The summed E-state index contributed by atoms with van der Waals surface area (Å²) in [6.07, 6.45) is 1.29. The molecular weight excluding hydrogens is 310 g/mol. The van der Waals surface area contributed by atoms with E-state index < -0.39 is 0 Å². The number of likely N-dealkylation sites (tertiary alicyclic amines) is 1. The number of hydrogen-bond donors (Lipinski definition) is 0. The summed E-state index contributed by atoms with van der Waals surface area (Å²) >= 11 is 0. The molecule has 1 saturated heterocycles. The van der Waals surface area contributed by atoms with Gasteiger partial charge in [0, 0.05) is 13.1 Å². The Morgan fingerprint density at radius 2 is 1.58 bits per heavy atom. The van der Waals surface area contributed by atoms with Crippen molar-refractivity contribution in [1.82, 2.24) is 4.90 Å². The number of piperidine rings is 1. The molecule has 0 N–H and O–H groups in total. The van der Waals surface area contributed by atoms with Gasteiger partial charge in [-0.3, -0.25) is 9.59 Å². The number of carbonyl (C=O) groups is 2. The molecular formula is C18H25NO5. The van der Waals surface area contributed by atoms with Crippen LogP contribution in [0.5, 0.6) is 11.5 Å². The summed E-state index contributed by atoms with van der Waals surface area (Å²) in [7, 11) is 0. The zero-order valence-corrected chi connectivity index (χ0v) is 14.3. The molecule has 2 rings (SSSR count). The molecule has 0 radical (unpaired) electrons. The Morgan fingerprint density at radius 1 is 1.00 bits per heavy atom. The van der Waals surface area contributed by atoms with Crippen LogP contribution in [0, 0.1) is 5.92 Å². The number of esters is 1. The Labute approximate surface area is 142 Å². The minimum atomic E-state index is -0.157. The van der Waals surface area contributed by atoms with Gasteiger partial charge in [-0.05, 0) is 51.0 Å². The third-order valence-electron chi connectivity index (χ3n) is 3.96. The van der Waals surface area contributed by atoms with Crippen LogP contribution in [0.4, 0.5) is 0 Å². The van der Waals surface area contributed by atoms with Crippen molar-refractivity contribution in [3.8, 4) is 11.5 Å². The highest BCUT2D eigenvalue weighted by Gasteiger charge is 2.28. The molecule has 24 heavy (non-hydrogen) atoms. The lowest BCUT2D eigenvalue weighted by Crippen LogP contribution is -2.42. The standard InChI is InChI=1S/C18H25NO5/c1-3-22-15-5-7-16(8-6-15)24-13-17(20)19-11-9-14(10-12-19)18(21)23-4-2/h5-8,14H,3-4,9-13H2,1-2H3. The highest BCUT2D eigenvalue weighted by molar-refractivity contribution is 5.78. The van der Waals surface area contributed by atoms with Crippen molar-refractivity contribution >= 4 is 11.9 Å². The summed E-state index contributed by atoms with van der Waals surface area (Å²) in [5.41, 5.74) is 0. The van der Waals surface area contributed by atoms with Crippen LogP contribution in [0.2, 0.25) is 0 Å². The minimum Gasteiger partial charge on any atom is -0.494 e. The van der Waals surface area contributed by atoms with Crippen LogP contribution in [0.1, 0.15) is 26.7 Å². The Morgan fingerprint density at radius 3 is 2.12 bits per heavy atom. The van der Waals surface area contributed by atoms with Gasteiger partial charge in [-0.25, -0.2) is 0 Å². The monoisotopic (exact) mass is 335 g/mol. The van der Waals surface area contributed by atoms with Crippen molar-refractivity contribution in [2.75, 3.05) is 32.9 Å². The van der Waals surface area contributed by atoms with Gasteiger partial charge in [-0.2, -0.15) is 0 Å². The van der Waals surface area contributed by atoms with Gasteiger partial charge in [-0.15, -0.1) is 0 Å². The summed E-state index contributed by atoms with van der Waals surface area (Å²) in [4.78, 5) is 25.6. The summed E-state index contributed by atoms with van der Waals surface area (Å²) in [6.45, 7) is 5.86. The van der Waals surface area contributed by atoms with Crippen LogP contribution in [0.3, 0.4) is 0 Å². The van der Waals surface area contributed by atoms with E-state index in [2.05, 4.69) is 0 Å². The molecule has 1 aromatic carbocycles. The lowest BCUT2D eigenvalue weighted by atomic mass is 9.97. The Hall–Kier alpha value is -2.24. The number of rotatable bonds is 7. The quantitative estimate of drug-likeness (QED) is 0.715. The molecule has 6 nitrogen and oxygen atoms in total. The molecule has 0 aliphatic carbocycles. The molecule has 1 amide bonds. The Kier molecular flexibility index (Phi) is 6.90. The van der Waals surface area contributed by atoms with E-state index in [1.807, 2.05) is 19.1 Å². The second-order valence-corrected chi connectivity index (χ2v) is 5.60. The number of ether oxygens (including phenoxy) is 3. The van der Waals surface area contributed by atoms with E-state index in [1.165, 1.54) is 0 Å². The van der Waals surface area contributed by atoms with Crippen LogP contribution in [0.25, 0.3) is 0 Å². The lowest BCUT2D eigenvalue weighted by Gasteiger charge is -2.30. The maximum atomic E-state index is 12.2. The molecule has 0 spiro atoms. The minimum absolute atomic E-state index is 0.00193. The van der Waals surface area contributed by atoms with E-state index in [-0.39, 0.29) is 24.4 Å². The average Bonchev–Trinajstić information content (AvgIpc) is 2.61. The zero-order valence-electron chi connectivity index (χ0n) is 14.3. The SMILES string of the molecule is CCOC(=O)C1CCN(C(=O)COc2ccc(OCC)cc2)CC1. The average molecular weight is 335 g/mol. The van der Waals surface area contributed by atoms with Crippen molar-refractivity contribution in [3.05, 3.63) is 24.3 Å². The maximum Gasteiger partial charge on any atom is 0.309 e. The first-order valence-corrected chi connectivity index (χ1v) is 8.44. The van der Waals surface area contributed by atoms with Crippen LogP contribution in [0.15, 0.2) is 24.3 Å². The number of hydrogen-bond acceptors (Lipinski definition) is 5. The predicted octanol–water partition coefficient (Wildman–Crippen LogP) is 2.27. The largest absolute Gasteiger partial charge is 0.494 e. The second kappa shape index (κ2) is 9.15. The second-order valence-electron chi connectivity index (χ2n) is 5.60. The van der Waals surface area contributed by atoms with Crippen LogP contribution < -0.4 is 9.47 Å². The molecule has 6 heteroatoms. The molecule has 0 aromatic heterocycles. The number of amides is 1. The molecule has 0 bridgehead atoms. The van der Waals surface area contributed by atoms with Gasteiger partial charge >= 0.3 is 5.97 Å². The van der Waals surface area contributed by atoms with Crippen molar-refractivity contribution in [1.29, 1.82) is 0 Å². The fourth-order valence-corrected chi connectivity index (χ4v) is 2.66. The molecule has 0 atom stereocenters. The van der Waals surface area contributed by atoms with E-state index in [1.54, 1.807) is 24.0 Å². The molecule has 1 aromatic rings. The lowest BCUT2D eigenvalue weighted by molar-refractivity contribution is -0.151. The smallest absolute Gasteiger partial charge is 0.309 e. The summed E-state index contributed by atoms with van der Waals surface area (Å²) in [5.74, 6) is 1.09. The van der Waals surface area contributed by atoms with Crippen LogP contribution in [-0.4, -0.2) is 49.7 Å².